The van der Waals surface area contributed by atoms with E-state index in [1.807, 2.05) is 31.4 Å². The number of nitrogens with zero attached hydrogens (tertiary/aromatic N) is 3. The van der Waals surface area contributed by atoms with E-state index in [2.05, 4.69) is 15.4 Å². The van der Waals surface area contributed by atoms with Gasteiger partial charge in [-0.3, -0.25) is 4.79 Å². The number of amides is 1. The number of hydrogen-bond acceptors (Lipinski definition) is 5. The molecule has 126 valence electrons. The van der Waals surface area contributed by atoms with Gasteiger partial charge in [0.15, 0.2) is 5.65 Å². The fourth-order valence-corrected chi connectivity index (χ4v) is 3.33. The van der Waals surface area contributed by atoms with E-state index in [0.717, 1.165) is 28.2 Å². The summed E-state index contributed by atoms with van der Waals surface area (Å²) in [7, 11) is 1.63. The maximum absolute atomic E-state index is 12.5. The number of carbonyl (C=O) groups is 1. The van der Waals surface area contributed by atoms with Crippen molar-refractivity contribution in [2.45, 2.75) is 26.3 Å². The molecule has 1 amide bonds. The third-order valence-electron chi connectivity index (χ3n) is 3.99. The van der Waals surface area contributed by atoms with Crippen molar-refractivity contribution in [1.82, 2.24) is 19.9 Å². The van der Waals surface area contributed by atoms with Gasteiger partial charge in [-0.15, -0.1) is 11.3 Å². The van der Waals surface area contributed by atoms with Crippen molar-refractivity contribution in [2.24, 2.45) is 0 Å². The van der Waals surface area contributed by atoms with E-state index >= 15 is 0 Å². The molecule has 0 aliphatic carbocycles. The summed E-state index contributed by atoms with van der Waals surface area (Å²) in [5.74, 6) is -0.154. The Morgan fingerprint density at radius 2 is 2.29 bits per heavy atom. The van der Waals surface area contributed by atoms with E-state index in [0.29, 0.717) is 12.2 Å². The molecule has 0 saturated carbocycles. The molecule has 0 aliphatic rings. The minimum absolute atomic E-state index is 0.0168. The van der Waals surface area contributed by atoms with Gasteiger partial charge in [-0.2, -0.15) is 5.10 Å². The summed E-state index contributed by atoms with van der Waals surface area (Å²) in [6.45, 7) is 4.38. The molecule has 0 radical (unpaired) electrons. The van der Waals surface area contributed by atoms with Crippen LogP contribution in [-0.4, -0.2) is 40.3 Å². The van der Waals surface area contributed by atoms with Gasteiger partial charge in [0.2, 0.25) is 0 Å². The minimum atomic E-state index is -0.154. The van der Waals surface area contributed by atoms with Crippen LogP contribution in [0.1, 0.15) is 29.4 Å². The van der Waals surface area contributed by atoms with Crippen LogP contribution in [-0.2, 0) is 4.74 Å². The van der Waals surface area contributed by atoms with Gasteiger partial charge in [-0.05, 0) is 24.8 Å². The second-order valence-corrected chi connectivity index (χ2v) is 6.51. The normalized spacial score (nSPS) is 12.5. The van der Waals surface area contributed by atoms with Gasteiger partial charge in [-0.25, -0.2) is 9.50 Å². The summed E-state index contributed by atoms with van der Waals surface area (Å²) >= 11 is 1.64. The first-order valence-corrected chi connectivity index (χ1v) is 8.70. The molecule has 0 fully saturated rings. The number of aromatic nitrogens is 3. The Balaban J connectivity index is 1.93. The number of aryl methyl sites for hydroxylation is 1. The third-order valence-corrected chi connectivity index (χ3v) is 4.90. The summed E-state index contributed by atoms with van der Waals surface area (Å²) in [6, 6.07) is 4.02. The van der Waals surface area contributed by atoms with Crippen molar-refractivity contribution in [2.75, 3.05) is 13.7 Å². The molecule has 3 heterocycles. The highest BCUT2D eigenvalue weighted by atomic mass is 32.1. The molecular formula is C17H20N4O2S. The monoisotopic (exact) mass is 344 g/mol. The maximum atomic E-state index is 12.5. The van der Waals surface area contributed by atoms with Crippen molar-refractivity contribution in [3.05, 3.63) is 41.2 Å². The quantitative estimate of drug-likeness (QED) is 0.746. The van der Waals surface area contributed by atoms with Crippen LogP contribution in [0.4, 0.5) is 0 Å². The van der Waals surface area contributed by atoms with E-state index in [4.69, 9.17) is 4.74 Å². The zero-order valence-electron chi connectivity index (χ0n) is 13.9. The van der Waals surface area contributed by atoms with Gasteiger partial charge < -0.3 is 10.1 Å². The number of hydrogen-bond donors (Lipinski definition) is 1. The van der Waals surface area contributed by atoms with Crippen LogP contribution >= 0.6 is 11.3 Å². The van der Waals surface area contributed by atoms with Gasteiger partial charge in [0.1, 0.15) is 0 Å². The Morgan fingerprint density at radius 1 is 1.46 bits per heavy atom. The van der Waals surface area contributed by atoms with E-state index < -0.39 is 0 Å². The standard InChI is InChI=1S/C17H20N4O2S/c1-4-12(10-23-3)20-17(22)13-8-18-16-14(15-6-5-7-24-15)9-19-21(16)11(13)2/h5-9,12H,4,10H2,1-3H3,(H,20,22). The number of ether oxygens (including phenoxy) is 1. The lowest BCUT2D eigenvalue weighted by Crippen LogP contribution is -2.38. The highest BCUT2D eigenvalue weighted by molar-refractivity contribution is 7.13. The molecule has 0 saturated heterocycles. The molecule has 1 unspecified atom stereocenters. The van der Waals surface area contributed by atoms with Crippen LogP contribution in [0.25, 0.3) is 16.1 Å². The van der Waals surface area contributed by atoms with Crippen LogP contribution in [0.5, 0.6) is 0 Å². The number of methoxy groups -OCH3 is 1. The molecule has 0 aliphatic heterocycles. The summed E-state index contributed by atoms with van der Waals surface area (Å²) in [5.41, 5.74) is 3.03. The summed E-state index contributed by atoms with van der Waals surface area (Å²) in [6.07, 6.45) is 4.22. The third kappa shape index (κ3) is 3.05. The van der Waals surface area contributed by atoms with E-state index in [1.165, 1.54) is 0 Å². The Labute approximate surface area is 144 Å². The lowest BCUT2D eigenvalue weighted by atomic mass is 10.2. The number of rotatable bonds is 6. The van der Waals surface area contributed by atoms with Gasteiger partial charge in [0.25, 0.3) is 5.91 Å². The predicted molar refractivity (Wildman–Crippen MR) is 94.5 cm³/mol. The van der Waals surface area contributed by atoms with Crippen molar-refractivity contribution in [3.63, 3.8) is 0 Å². The second-order valence-electron chi connectivity index (χ2n) is 5.56. The average molecular weight is 344 g/mol. The largest absolute Gasteiger partial charge is 0.383 e. The smallest absolute Gasteiger partial charge is 0.254 e. The number of nitrogens with one attached hydrogen (secondary N) is 1. The zero-order valence-corrected chi connectivity index (χ0v) is 14.8. The predicted octanol–water partition coefficient (Wildman–Crippen LogP) is 2.92. The van der Waals surface area contributed by atoms with E-state index in [1.54, 1.807) is 35.4 Å². The topological polar surface area (TPSA) is 68.5 Å². The second kappa shape index (κ2) is 7.11. The number of thiophene rings is 1. The van der Waals surface area contributed by atoms with Gasteiger partial charge in [0.05, 0.1) is 35.7 Å². The highest BCUT2D eigenvalue weighted by Crippen LogP contribution is 2.28. The SMILES string of the molecule is CCC(COC)NC(=O)c1cnc2c(-c3cccs3)cnn2c1C. The molecule has 3 aromatic heterocycles. The van der Waals surface area contributed by atoms with Crippen LogP contribution in [0.2, 0.25) is 0 Å². The van der Waals surface area contributed by atoms with Crippen molar-refractivity contribution < 1.29 is 9.53 Å². The number of carbonyl (C=O) groups excluding carboxylic acids is 1. The fourth-order valence-electron chi connectivity index (χ4n) is 2.60. The van der Waals surface area contributed by atoms with E-state index in [-0.39, 0.29) is 11.9 Å². The van der Waals surface area contributed by atoms with Crippen molar-refractivity contribution >= 4 is 22.9 Å². The highest BCUT2D eigenvalue weighted by Gasteiger charge is 2.18. The molecule has 1 atom stereocenters. The van der Waals surface area contributed by atoms with E-state index in [9.17, 15) is 4.79 Å². The molecule has 7 heteroatoms. The molecule has 0 spiro atoms. The van der Waals surface area contributed by atoms with Crippen LogP contribution in [0, 0.1) is 6.92 Å². The molecule has 6 nitrogen and oxygen atoms in total. The maximum Gasteiger partial charge on any atom is 0.254 e. The molecule has 1 N–H and O–H groups in total. The zero-order chi connectivity index (χ0) is 17.1. The molecule has 3 aromatic rings. The lowest BCUT2D eigenvalue weighted by molar-refractivity contribution is 0.0893. The van der Waals surface area contributed by atoms with Gasteiger partial charge >= 0.3 is 0 Å². The van der Waals surface area contributed by atoms with Crippen molar-refractivity contribution in [3.8, 4) is 10.4 Å². The number of fused-ring (bicyclic) bond motifs is 1. The fraction of sp³-hybridized carbons (Fsp3) is 0.353. The van der Waals surface area contributed by atoms with Crippen LogP contribution in [0.3, 0.4) is 0 Å². The summed E-state index contributed by atoms with van der Waals surface area (Å²) in [5, 5.41) is 9.41. The van der Waals surface area contributed by atoms with Gasteiger partial charge in [0, 0.05) is 18.2 Å². The lowest BCUT2D eigenvalue weighted by Gasteiger charge is -2.16. The Bertz CT molecular complexity index is 842. The first kappa shape index (κ1) is 16.6. The Morgan fingerprint density at radius 3 is 2.96 bits per heavy atom. The summed E-state index contributed by atoms with van der Waals surface area (Å²) < 4.78 is 6.85. The Hall–Kier alpha value is -2.25. The molecule has 0 bridgehead atoms. The van der Waals surface area contributed by atoms with Crippen LogP contribution < -0.4 is 5.32 Å². The first-order valence-electron chi connectivity index (χ1n) is 7.82. The molecule has 0 aromatic carbocycles. The minimum Gasteiger partial charge on any atom is -0.383 e. The first-order chi connectivity index (χ1) is 11.7. The van der Waals surface area contributed by atoms with Crippen molar-refractivity contribution in [1.29, 1.82) is 0 Å². The average Bonchev–Trinajstić information content (AvgIpc) is 3.23. The summed E-state index contributed by atoms with van der Waals surface area (Å²) in [4.78, 5) is 18.1. The molecular weight excluding hydrogens is 324 g/mol. The molecule has 3 rings (SSSR count). The van der Waals surface area contributed by atoms with Crippen LogP contribution in [0.15, 0.2) is 29.9 Å². The van der Waals surface area contributed by atoms with Gasteiger partial charge in [-0.1, -0.05) is 13.0 Å². The Kier molecular flexibility index (Phi) is 4.92. The molecule has 24 heavy (non-hydrogen) atoms.